The van der Waals surface area contributed by atoms with Crippen LogP contribution in [0.1, 0.15) is 158 Å². The molecule has 2 aromatic carbocycles. The summed E-state index contributed by atoms with van der Waals surface area (Å²) in [4.78, 5) is 38.7. The smallest absolute Gasteiger partial charge is 0.316 e. The van der Waals surface area contributed by atoms with Gasteiger partial charge in [-0.3, -0.25) is 14.4 Å². The van der Waals surface area contributed by atoms with Gasteiger partial charge in [0.25, 0.3) is 0 Å². The highest BCUT2D eigenvalue weighted by atomic mass is 16.5. The quantitative estimate of drug-likeness (QED) is 0.238. The molecule has 50 heavy (non-hydrogen) atoms. The van der Waals surface area contributed by atoms with Gasteiger partial charge in [0.2, 0.25) is 0 Å². The first-order chi connectivity index (χ1) is 23.6. The number of allylic oxidation sites excluding steroid dienone is 4. The second-order valence-electron chi connectivity index (χ2n) is 15.6. The van der Waals surface area contributed by atoms with Crippen molar-refractivity contribution in [3.8, 4) is 0 Å². The van der Waals surface area contributed by atoms with Gasteiger partial charge in [-0.15, -0.1) is 0 Å². The first kappa shape index (κ1) is 41.0. The number of rotatable bonds is 11. The second kappa shape index (κ2) is 18.1. The van der Waals surface area contributed by atoms with Gasteiger partial charge in [-0.2, -0.15) is 0 Å². The van der Waals surface area contributed by atoms with Crippen molar-refractivity contribution in [2.45, 2.75) is 153 Å². The van der Waals surface area contributed by atoms with Gasteiger partial charge in [-0.05, 0) is 118 Å². The van der Waals surface area contributed by atoms with Crippen molar-refractivity contribution in [3.05, 3.63) is 80.3 Å². The van der Waals surface area contributed by atoms with Gasteiger partial charge < -0.3 is 9.84 Å². The van der Waals surface area contributed by atoms with E-state index >= 15 is 0 Å². The van der Waals surface area contributed by atoms with Crippen LogP contribution in [0.3, 0.4) is 0 Å². The van der Waals surface area contributed by atoms with Crippen LogP contribution in [0.2, 0.25) is 0 Å². The molecule has 2 aliphatic rings. The molecule has 0 radical (unpaired) electrons. The molecule has 274 valence electrons. The third-order valence-corrected chi connectivity index (χ3v) is 10.2. The number of benzene rings is 2. The van der Waals surface area contributed by atoms with E-state index in [4.69, 9.17) is 4.74 Å². The van der Waals surface area contributed by atoms with Crippen molar-refractivity contribution in [3.63, 3.8) is 0 Å². The Morgan fingerprint density at radius 1 is 0.660 bits per heavy atom. The highest BCUT2D eigenvalue weighted by Gasteiger charge is 2.35. The van der Waals surface area contributed by atoms with Gasteiger partial charge >= 0.3 is 5.97 Å². The number of ketones is 2. The number of aryl methyl sites for hydroxylation is 6. The average molecular weight is 685 g/mol. The van der Waals surface area contributed by atoms with Crippen LogP contribution in [0.4, 0.5) is 0 Å². The van der Waals surface area contributed by atoms with Crippen LogP contribution in [-0.4, -0.2) is 22.6 Å². The van der Waals surface area contributed by atoms with Gasteiger partial charge in [0.15, 0.2) is 11.6 Å². The van der Waals surface area contributed by atoms with Crippen molar-refractivity contribution >= 4 is 28.7 Å². The molecule has 0 aliphatic heterocycles. The Bertz CT molecular complexity index is 1560. The molecule has 0 amide bonds. The molecule has 0 spiro atoms. The zero-order valence-electron chi connectivity index (χ0n) is 33.0. The van der Waals surface area contributed by atoms with E-state index in [1.165, 1.54) is 33.4 Å². The van der Waals surface area contributed by atoms with E-state index in [-0.39, 0.29) is 23.5 Å². The molecule has 0 fully saturated rings. The lowest BCUT2D eigenvalue weighted by Crippen LogP contribution is -2.27. The first-order valence-electron chi connectivity index (χ1n) is 19.3. The maximum absolute atomic E-state index is 13.3. The lowest BCUT2D eigenvalue weighted by molar-refractivity contribution is -0.149. The maximum atomic E-state index is 13.3. The van der Waals surface area contributed by atoms with Crippen LogP contribution in [0.25, 0.3) is 11.1 Å². The van der Waals surface area contributed by atoms with E-state index in [1.54, 1.807) is 0 Å². The van der Waals surface area contributed by atoms with Crippen LogP contribution >= 0.6 is 0 Å². The third kappa shape index (κ3) is 9.86. The van der Waals surface area contributed by atoms with Gasteiger partial charge in [0.1, 0.15) is 11.5 Å². The predicted molar refractivity (Wildman–Crippen MR) is 207 cm³/mol. The number of hydrogen-bond donors (Lipinski definition) is 1. The minimum Gasteiger partial charge on any atom is -0.512 e. The monoisotopic (exact) mass is 684 g/mol. The van der Waals surface area contributed by atoms with E-state index in [0.29, 0.717) is 54.3 Å². The first-order valence-corrected chi connectivity index (χ1v) is 19.3. The van der Waals surface area contributed by atoms with Crippen molar-refractivity contribution in [2.75, 3.05) is 0 Å². The summed E-state index contributed by atoms with van der Waals surface area (Å²) in [5, 5.41) is 10.6. The number of esters is 1. The van der Waals surface area contributed by atoms with Crippen LogP contribution in [0.15, 0.2) is 35.8 Å². The number of carbonyl (C=O) groups excluding carboxylic acids is 3. The topological polar surface area (TPSA) is 80.7 Å². The number of carbonyl (C=O) groups is 3. The molecule has 0 bridgehead atoms. The minimum absolute atomic E-state index is 0.120. The average Bonchev–Trinajstić information content (AvgIpc) is 3.04. The Balaban J connectivity index is 0.000000278. The molecule has 4 rings (SSSR count). The molecule has 2 atom stereocenters. The van der Waals surface area contributed by atoms with Crippen LogP contribution < -0.4 is 0 Å². The molecule has 2 aliphatic carbocycles. The Labute approximate surface area is 303 Å². The molecule has 2 aromatic rings. The maximum Gasteiger partial charge on any atom is 0.316 e. The van der Waals surface area contributed by atoms with Gasteiger partial charge in [-0.25, -0.2) is 0 Å². The Kier molecular flexibility index (Phi) is 14.9. The molecule has 1 N–H and O–H groups in total. The van der Waals surface area contributed by atoms with E-state index in [0.717, 1.165) is 62.5 Å². The van der Waals surface area contributed by atoms with Crippen molar-refractivity contribution in [1.82, 2.24) is 0 Å². The van der Waals surface area contributed by atoms with Gasteiger partial charge in [0.05, 0.1) is 16.6 Å². The molecular formula is C45H64O5. The Morgan fingerprint density at radius 3 is 1.40 bits per heavy atom. The highest BCUT2D eigenvalue weighted by Crippen LogP contribution is 2.40. The Morgan fingerprint density at radius 2 is 1.04 bits per heavy atom. The molecular weight excluding hydrogens is 620 g/mol. The van der Waals surface area contributed by atoms with Crippen molar-refractivity contribution in [1.29, 1.82) is 0 Å². The summed E-state index contributed by atoms with van der Waals surface area (Å²) < 4.78 is 5.92. The fourth-order valence-electron chi connectivity index (χ4n) is 7.72. The fraction of sp³-hybridized carbons (Fsp3) is 0.578. The van der Waals surface area contributed by atoms with Gasteiger partial charge in [0, 0.05) is 25.7 Å². The summed E-state index contributed by atoms with van der Waals surface area (Å²) in [5.74, 6) is 1.43. The SMILES string of the molecule is CCCC1CC(=O)C(c2c(CC)cc(C)cc2CC)=C(O)C1.CCCC1CC(=O)C(c2c(CC)cc(C)cc2CC)=C(OC(=O)C(C)(C)C)C1. The number of aliphatic hydroxyl groups excluding tert-OH is 1. The van der Waals surface area contributed by atoms with Crippen LogP contribution in [-0.2, 0) is 44.8 Å². The number of ether oxygens (including phenoxy) is 1. The fourth-order valence-corrected chi connectivity index (χ4v) is 7.72. The molecule has 5 nitrogen and oxygen atoms in total. The van der Waals surface area contributed by atoms with Crippen LogP contribution in [0, 0.1) is 31.1 Å². The van der Waals surface area contributed by atoms with Crippen LogP contribution in [0.5, 0.6) is 0 Å². The lowest BCUT2D eigenvalue weighted by Gasteiger charge is -2.29. The second-order valence-corrected chi connectivity index (χ2v) is 15.6. The molecule has 5 heteroatoms. The lowest BCUT2D eigenvalue weighted by atomic mass is 9.78. The van der Waals surface area contributed by atoms with E-state index in [1.807, 2.05) is 20.8 Å². The van der Waals surface area contributed by atoms with Crippen molar-refractivity contribution < 1.29 is 24.2 Å². The van der Waals surface area contributed by atoms with E-state index in [2.05, 4.69) is 79.7 Å². The molecule has 2 unspecified atom stereocenters. The predicted octanol–water partition coefficient (Wildman–Crippen LogP) is 11.4. The number of Topliss-reactive ketones (excluding diaryl/α,β-unsaturated/α-hetero) is 2. The normalized spacial score (nSPS) is 18.3. The molecule has 0 aromatic heterocycles. The van der Waals surface area contributed by atoms with E-state index in [9.17, 15) is 19.5 Å². The van der Waals surface area contributed by atoms with Crippen molar-refractivity contribution in [2.24, 2.45) is 17.3 Å². The summed E-state index contributed by atoms with van der Waals surface area (Å²) in [6.07, 6.45) is 9.96. The van der Waals surface area contributed by atoms with Gasteiger partial charge in [-0.1, -0.05) is 89.8 Å². The zero-order valence-corrected chi connectivity index (χ0v) is 33.0. The van der Waals surface area contributed by atoms with E-state index < -0.39 is 5.41 Å². The summed E-state index contributed by atoms with van der Waals surface area (Å²) in [6, 6.07) is 8.63. The summed E-state index contributed by atoms with van der Waals surface area (Å²) in [5.41, 5.74) is 9.79. The number of hydrogen-bond acceptors (Lipinski definition) is 5. The highest BCUT2D eigenvalue weighted by molar-refractivity contribution is 6.23. The minimum atomic E-state index is -0.604. The third-order valence-electron chi connectivity index (χ3n) is 10.2. The largest absolute Gasteiger partial charge is 0.512 e. The summed E-state index contributed by atoms with van der Waals surface area (Å²) in [6.45, 7) is 22.5. The molecule has 0 heterocycles. The Hall–Kier alpha value is -3.47. The molecule has 0 saturated carbocycles. The zero-order chi connectivity index (χ0) is 37.3. The summed E-state index contributed by atoms with van der Waals surface area (Å²) >= 11 is 0. The molecule has 0 saturated heterocycles. The standard InChI is InChI=1S/C25H36O3.C20H28O2/c1-8-11-17-14-20(26)23(21(15-17)28-24(27)25(5,6)7)22-18(9-2)12-16(4)13-19(22)10-3;1-5-8-14-11-17(21)20(18(22)12-14)19-15(6-2)9-13(4)10-16(19)7-3/h12-13,17H,8-11,14-15H2,1-7H3;9-10,14,21H,5-8,11-12H2,1-4H3. The number of aliphatic hydroxyl groups is 1. The summed E-state index contributed by atoms with van der Waals surface area (Å²) in [7, 11) is 0.